The van der Waals surface area contributed by atoms with Gasteiger partial charge in [-0.15, -0.1) is 11.3 Å². The van der Waals surface area contributed by atoms with Crippen molar-refractivity contribution in [2.24, 2.45) is 0 Å². The Morgan fingerprint density at radius 1 is 1.40 bits per heavy atom. The van der Waals surface area contributed by atoms with E-state index in [9.17, 15) is 4.79 Å². The van der Waals surface area contributed by atoms with Gasteiger partial charge in [-0.3, -0.25) is 4.79 Å². The van der Waals surface area contributed by atoms with Crippen LogP contribution >= 0.6 is 11.3 Å². The summed E-state index contributed by atoms with van der Waals surface area (Å²) in [7, 11) is 0. The van der Waals surface area contributed by atoms with E-state index in [2.05, 4.69) is 11.9 Å². The van der Waals surface area contributed by atoms with Gasteiger partial charge < -0.3 is 9.84 Å². The smallest absolute Gasteiger partial charge is 0.307 e. The first-order valence-electron chi connectivity index (χ1n) is 6.54. The molecule has 5 heteroatoms. The molecule has 0 unspecified atom stereocenters. The van der Waals surface area contributed by atoms with Crippen molar-refractivity contribution in [2.75, 3.05) is 0 Å². The molecule has 1 heterocycles. The minimum atomic E-state index is -0.861. The fourth-order valence-electron chi connectivity index (χ4n) is 1.85. The number of aliphatic carboxylic acids is 1. The average Bonchev–Trinajstić information content (AvgIpc) is 2.85. The van der Waals surface area contributed by atoms with Crippen LogP contribution in [0.2, 0.25) is 0 Å². The van der Waals surface area contributed by atoms with Crippen molar-refractivity contribution in [1.29, 1.82) is 0 Å². The molecule has 0 fully saturated rings. The second kappa shape index (κ2) is 7.05. The van der Waals surface area contributed by atoms with E-state index in [0.29, 0.717) is 17.9 Å². The van der Waals surface area contributed by atoms with Crippen molar-refractivity contribution in [3.05, 3.63) is 45.9 Å². The molecule has 1 N–H and O–H groups in total. The lowest BCUT2D eigenvalue weighted by Crippen LogP contribution is -2.04. The van der Waals surface area contributed by atoms with Crippen LogP contribution in [0.3, 0.4) is 0 Å². The van der Waals surface area contributed by atoms with Crippen LogP contribution in [0.25, 0.3) is 0 Å². The largest absolute Gasteiger partial charge is 0.487 e. The molecule has 0 amide bonds. The summed E-state index contributed by atoms with van der Waals surface area (Å²) in [5.74, 6) is -0.250. The average molecular weight is 291 g/mol. The minimum absolute atomic E-state index is 0.0334. The SMILES string of the molecule is CCCc1nc(COc2ccccc2CC(=O)O)cs1. The summed E-state index contributed by atoms with van der Waals surface area (Å²) in [6.07, 6.45) is 2.03. The maximum Gasteiger partial charge on any atom is 0.307 e. The molecule has 2 rings (SSSR count). The van der Waals surface area contributed by atoms with Crippen LogP contribution in [0, 0.1) is 0 Å². The number of carbonyl (C=O) groups is 1. The number of carboxylic acid groups (broad SMARTS) is 1. The molecule has 1 aromatic heterocycles. The predicted octanol–water partition coefficient (Wildman–Crippen LogP) is 3.30. The highest BCUT2D eigenvalue weighted by Gasteiger charge is 2.08. The van der Waals surface area contributed by atoms with Gasteiger partial charge in [0, 0.05) is 10.9 Å². The van der Waals surface area contributed by atoms with Gasteiger partial charge in [-0.1, -0.05) is 25.1 Å². The quantitative estimate of drug-likeness (QED) is 0.850. The van der Waals surface area contributed by atoms with Gasteiger partial charge in [0.1, 0.15) is 12.4 Å². The Kier molecular flexibility index (Phi) is 5.12. The Labute approximate surface area is 122 Å². The van der Waals surface area contributed by atoms with Gasteiger partial charge in [-0.2, -0.15) is 0 Å². The lowest BCUT2D eigenvalue weighted by atomic mass is 10.1. The Bertz CT molecular complexity index is 580. The van der Waals surface area contributed by atoms with Gasteiger partial charge in [0.25, 0.3) is 0 Å². The van der Waals surface area contributed by atoms with Crippen LogP contribution in [-0.4, -0.2) is 16.1 Å². The van der Waals surface area contributed by atoms with Crippen molar-refractivity contribution in [3.63, 3.8) is 0 Å². The van der Waals surface area contributed by atoms with Gasteiger partial charge in [-0.05, 0) is 18.9 Å². The highest BCUT2D eigenvalue weighted by atomic mass is 32.1. The molecule has 0 radical (unpaired) electrons. The third-order valence-electron chi connectivity index (χ3n) is 2.75. The molecule has 0 spiro atoms. The van der Waals surface area contributed by atoms with Crippen LogP contribution in [0.15, 0.2) is 29.6 Å². The van der Waals surface area contributed by atoms with Crippen LogP contribution in [-0.2, 0) is 24.2 Å². The lowest BCUT2D eigenvalue weighted by molar-refractivity contribution is -0.136. The summed E-state index contributed by atoms with van der Waals surface area (Å²) in [5.41, 5.74) is 1.58. The van der Waals surface area contributed by atoms with E-state index >= 15 is 0 Å². The second-order valence-corrected chi connectivity index (χ2v) is 5.39. The van der Waals surface area contributed by atoms with Crippen LogP contribution in [0.1, 0.15) is 29.6 Å². The van der Waals surface area contributed by atoms with E-state index < -0.39 is 5.97 Å². The molecule has 0 saturated carbocycles. The lowest BCUT2D eigenvalue weighted by Gasteiger charge is -2.08. The number of aromatic nitrogens is 1. The Morgan fingerprint density at radius 3 is 2.95 bits per heavy atom. The third kappa shape index (κ3) is 4.06. The molecule has 0 saturated heterocycles. The maximum atomic E-state index is 10.8. The molecule has 2 aromatic rings. The molecular weight excluding hydrogens is 274 g/mol. The van der Waals surface area contributed by atoms with Gasteiger partial charge in [0.2, 0.25) is 0 Å². The second-order valence-electron chi connectivity index (χ2n) is 4.45. The third-order valence-corrected chi connectivity index (χ3v) is 3.71. The van der Waals surface area contributed by atoms with Crippen LogP contribution < -0.4 is 4.74 Å². The first-order valence-corrected chi connectivity index (χ1v) is 7.42. The van der Waals surface area contributed by atoms with E-state index in [4.69, 9.17) is 9.84 Å². The monoisotopic (exact) mass is 291 g/mol. The fourth-order valence-corrected chi connectivity index (χ4v) is 2.73. The molecule has 4 nitrogen and oxygen atoms in total. The molecule has 106 valence electrons. The summed E-state index contributed by atoms with van der Waals surface area (Å²) in [5, 5.41) is 12.0. The Hall–Kier alpha value is -1.88. The Morgan fingerprint density at radius 2 is 2.20 bits per heavy atom. The standard InChI is InChI=1S/C15H17NO3S/c1-2-5-14-16-12(10-20-14)9-19-13-7-4-3-6-11(13)8-15(17)18/h3-4,6-7,10H,2,5,8-9H2,1H3,(H,17,18). The summed E-state index contributed by atoms with van der Waals surface area (Å²) in [6.45, 7) is 2.50. The zero-order chi connectivity index (χ0) is 14.4. The number of carboxylic acids is 1. The number of thiazole rings is 1. The fraction of sp³-hybridized carbons (Fsp3) is 0.333. The van der Waals surface area contributed by atoms with E-state index in [1.165, 1.54) is 0 Å². The summed E-state index contributed by atoms with van der Waals surface area (Å²) >= 11 is 1.64. The first-order chi connectivity index (χ1) is 9.69. The number of hydrogen-bond acceptors (Lipinski definition) is 4. The van der Waals surface area contributed by atoms with E-state index in [-0.39, 0.29) is 6.42 Å². The number of aryl methyl sites for hydroxylation is 1. The zero-order valence-electron chi connectivity index (χ0n) is 11.3. The van der Waals surface area contributed by atoms with Crippen molar-refractivity contribution >= 4 is 17.3 Å². The number of benzene rings is 1. The molecule has 0 aliphatic carbocycles. The number of nitrogens with zero attached hydrogens (tertiary/aromatic N) is 1. The van der Waals surface area contributed by atoms with Crippen molar-refractivity contribution in [1.82, 2.24) is 4.98 Å². The van der Waals surface area contributed by atoms with Crippen LogP contribution in [0.4, 0.5) is 0 Å². The number of hydrogen-bond donors (Lipinski definition) is 1. The number of para-hydroxylation sites is 1. The minimum Gasteiger partial charge on any atom is -0.487 e. The van der Waals surface area contributed by atoms with Crippen molar-refractivity contribution in [3.8, 4) is 5.75 Å². The number of rotatable bonds is 7. The molecule has 0 aliphatic heterocycles. The van der Waals surface area contributed by atoms with Gasteiger partial charge in [0.15, 0.2) is 0 Å². The van der Waals surface area contributed by atoms with Crippen LogP contribution in [0.5, 0.6) is 5.75 Å². The zero-order valence-corrected chi connectivity index (χ0v) is 12.2. The summed E-state index contributed by atoms with van der Waals surface area (Å²) < 4.78 is 5.70. The molecular formula is C15H17NO3S. The maximum absolute atomic E-state index is 10.8. The molecule has 20 heavy (non-hydrogen) atoms. The Balaban J connectivity index is 2.00. The molecule has 0 bridgehead atoms. The highest BCUT2D eigenvalue weighted by Crippen LogP contribution is 2.20. The van der Waals surface area contributed by atoms with Gasteiger partial charge >= 0.3 is 5.97 Å². The van der Waals surface area contributed by atoms with Gasteiger partial charge in [-0.25, -0.2) is 4.98 Å². The highest BCUT2D eigenvalue weighted by molar-refractivity contribution is 7.09. The first kappa shape index (κ1) is 14.5. The van der Waals surface area contributed by atoms with E-state index in [1.807, 2.05) is 17.5 Å². The normalized spacial score (nSPS) is 10.4. The molecule has 0 atom stereocenters. The van der Waals surface area contributed by atoms with Gasteiger partial charge in [0.05, 0.1) is 17.1 Å². The van der Waals surface area contributed by atoms with E-state index in [1.54, 1.807) is 23.5 Å². The molecule has 0 aliphatic rings. The molecule has 1 aromatic carbocycles. The topological polar surface area (TPSA) is 59.4 Å². The summed E-state index contributed by atoms with van der Waals surface area (Å²) in [4.78, 5) is 15.3. The number of ether oxygens (including phenoxy) is 1. The summed E-state index contributed by atoms with van der Waals surface area (Å²) in [6, 6.07) is 7.21. The van der Waals surface area contributed by atoms with Crippen molar-refractivity contribution < 1.29 is 14.6 Å². The van der Waals surface area contributed by atoms with Crippen molar-refractivity contribution in [2.45, 2.75) is 32.8 Å². The predicted molar refractivity (Wildman–Crippen MR) is 78.2 cm³/mol. The van der Waals surface area contributed by atoms with E-state index in [0.717, 1.165) is 23.5 Å².